The number of carbonyl (C=O) groups excluding carboxylic acids is 2. The third kappa shape index (κ3) is 3.12. The fraction of sp³-hybridized carbons (Fsp3) is 0.467. The molecule has 4 nitrogen and oxygen atoms in total. The molecule has 0 saturated carbocycles. The topological polar surface area (TPSA) is 55.4 Å². The molecule has 1 aromatic carbocycles. The normalized spacial score (nSPS) is 21.1. The second kappa shape index (κ2) is 6.27. The SMILES string of the molecule is CCCC1C(=O)O[C@H]1C(=O)NCc1ccc(C)cc1Cl. The molecule has 1 aliphatic rings. The number of cyclic esters (lactones) is 1. The van der Waals surface area contributed by atoms with Crippen molar-refractivity contribution in [1.29, 1.82) is 0 Å². The predicted octanol–water partition coefficient (Wildman–Crippen LogP) is 2.61. The van der Waals surface area contributed by atoms with Crippen LogP contribution in [-0.4, -0.2) is 18.0 Å². The number of rotatable bonds is 5. The monoisotopic (exact) mass is 295 g/mol. The number of halogens is 1. The van der Waals surface area contributed by atoms with Gasteiger partial charge < -0.3 is 10.1 Å². The first-order valence-corrected chi connectivity index (χ1v) is 7.14. The van der Waals surface area contributed by atoms with E-state index in [1.807, 2.05) is 32.0 Å². The lowest BCUT2D eigenvalue weighted by Crippen LogP contribution is -2.53. The van der Waals surface area contributed by atoms with Crippen molar-refractivity contribution >= 4 is 23.5 Å². The fourth-order valence-corrected chi connectivity index (χ4v) is 2.54. The first-order valence-electron chi connectivity index (χ1n) is 6.76. The number of ether oxygens (including phenoxy) is 1. The van der Waals surface area contributed by atoms with E-state index >= 15 is 0 Å². The Hall–Kier alpha value is -1.55. The molecule has 0 radical (unpaired) electrons. The highest BCUT2D eigenvalue weighted by atomic mass is 35.5. The molecule has 20 heavy (non-hydrogen) atoms. The third-order valence-corrected chi connectivity index (χ3v) is 3.78. The Morgan fingerprint density at radius 2 is 2.20 bits per heavy atom. The molecule has 0 aromatic heterocycles. The molecule has 1 amide bonds. The Bertz CT molecular complexity index is 530. The van der Waals surface area contributed by atoms with Crippen molar-refractivity contribution in [3.8, 4) is 0 Å². The lowest BCUT2D eigenvalue weighted by atomic mass is 9.91. The van der Waals surface area contributed by atoms with Gasteiger partial charge in [-0.1, -0.05) is 37.1 Å². The molecule has 0 bridgehead atoms. The van der Waals surface area contributed by atoms with E-state index in [2.05, 4.69) is 5.32 Å². The fourth-order valence-electron chi connectivity index (χ4n) is 2.24. The van der Waals surface area contributed by atoms with Crippen molar-refractivity contribution in [1.82, 2.24) is 5.32 Å². The predicted molar refractivity (Wildman–Crippen MR) is 76.3 cm³/mol. The number of hydrogen-bond acceptors (Lipinski definition) is 3. The van der Waals surface area contributed by atoms with Crippen LogP contribution in [0.2, 0.25) is 5.02 Å². The summed E-state index contributed by atoms with van der Waals surface area (Å²) in [6, 6.07) is 5.68. The summed E-state index contributed by atoms with van der Waals surface area (Å²) in [7, 11) is 0. The van der Waals surface area contributed by atoms with Gasteiger partial charge in [0.25, 0.3) is 5.91 Å². The van der Waals surface area contributed by atoms with Gasteiger partial charge in [-0.05, 0) is 30.5 Å². The molecule has 1 saturated heterocycles. The highest BCUT2D eigenvalue weighted by Crippen LogP contribution is 2.27. The van der Waals surface area contributed by atoms with Crippen molar-refractivity contribution in [2.24, 2.45) is 5.92 Å². The van der Waals surface area contributed by atoms with E-state index in [9.17, 15) is 9.59 Å². The number of aryl methyl sites for hydroxylation is 1. The van der Waals surface area contributed by atoms with Gasteiger partial charge in [-0.15, -0.1) is 0 Å². The Morgan fingerprint density at radius 3 is 2.80 bits per heavy atom. The quantitative estimate of drug-likeness (QED) is 0.850. The molecule has 1 fully saturated rings. The molecular weight excluding hydrogens is 278 g/mol. The van der Waals surface area contributed by atoms with Crippen LogP contribution in [0.25, 0.3) is 0 Å². The summed E-state index contributed by atoms with van der Waals surface area (Å²) in [6.07, 6.45) is 0.891. The first-order chi connectivity index (χ1) is 9.52. The van der Waals surface area contributed by atoms with Gasteiger partial charge in [-0.2, -0.15) is 0 Å². The van der Waals surface area contributed by atoms with E-state index in [0.29, 0.717) is 18.0 Å². The summed E-state index contributed by atoms with van der Waals surface area (Å²) in [4.78, 5) is 23.3. The van der Waals surface area contributed by atoms with Crippen LogP contribution in [0.4, 0.5) is 0 Å². The van der Waals surface area contributed by atoms with Crippen LogP contribution in [0, 0.1) is 12.8 Å². The summed E-state index contributed by atoms with van der Waals surface area (Å²) in [5.41, 5.74) is 1.92. The van der Waals surface area contributed by atoms with Gasteiger partial charge >= 0.3 is 5.97 Å². The smallest absolute Gasteiger partial charge is 0.314 e. The summed E-state index contributed by atoms with van der Waals surface area (Å²) in [5.74, 6) is -0.825. The number of carbonyl (C=O) groups is 2. The largest absolute Gasteiger partial charge is 0.451 e. The van der Waals surface area contributed by atoms with E-state index in [-0.39, 0.29) is 17.8 Å². The van der Waals surface area contributed by atoms with Gasteiger partial charge in [0.1, 0.15) is 5.92 Å². The molecule has 1 N–H and O–H groups in total. The van der Waals surface area contributed by atoms with Crippen molar-refractivity contribution < 1.29 is 14.3 Å². The molecule has 108 valence electrons. The maximum atomic E-state index is 12.0. The third-order valence-electron chi connectivity index (χ3n) is 3.43. The second-order valence-corrected chi connectivity index (χ2v) is 5.47. The summed E-state index contributed by atoms with van der Waals surface area (Å²) in [5, 5.41) is 3.40. The van der Waals surface area contributed by atoms with Crippen LogP contribution >= 0.6 is 11.6 Å². The van der Waals surface area contributed by atoms with Crippen LogP contribution in [0.15, 0.2) is 18.2 Å². The van der Waals surface area contributed by atoms with Crippen molar-refractivity contribution in [2.45, 2.75) is 39.3 Å². The summed E-state index contributed by atoms with van der Waals surface area (Å²) < 4.78 is 4.92. The van der Waals surface area contributed by atoms with Gasteiger partial charge in [-0.25, -0.2) is 0 Å². The molecule has 1 heterocycles. The second-order valence-electron chi connectivity index (χ2n) is 5.07. The Labute approximate surface area is 123 Å². The van der Waals surface area contributed by atoms with Gasteiger partial charge in [0, 0.05) is 11.6 Å². The van der Waals surface area contributed by atoms with Crippen LogP contribution in [0.5, 0.6) is 0 Å². The van der Waals surface area contributed by atoms with Crippen LogP contribution in [0.1, 0.15) is 30.9 Å². The zero-order valence-corrected chi connectivity index (χ0v) is 12.4. The molecule has 2 rings (SSSR count). The van der Waals surface area contributed by atoms with Gasteiger partial charge in [0.2, 0.25) is 0 Å². The van der Waals surface area contributed by atoms with Gasteiger partial charge in [0.05, 0.1) is 0 Å². The standard InChI is InChI=1S/C15H18ClNO3/c1-3-4-11-13(20-15(11)19)14(18)17-8-10-6-5-9(2)7-12(10)16/h5-7,11,13H,3-4,8H2,1-2H3,(H,17,18)/t11?,13-/m1/s1. The molecule has 1 unspecified atom stereocenters. The van der Waals surface area contributed by atoms with Crippen molar-refractivity contribution in [3.63, 3.8) is 0 Å². The number of esters is 1. The molecular formula is C15H18ClNO3. The molecule has 0 spiro atoms. The van der Waals surface area contributed by atoms with Crippen LogP contribution in [0.3, 0.4) is 0 Å². The van der Waals surface area contributed by atoms with Gasteiger partial charge in [0.15, 0.2) is 6.10 Å². The zero-order valence-electron chi connectivity index (χ0n) is 11.6. The first kappa shape index (κ1) is 14.9. The zero-order chi connectivity index (χ0) is 14.7. The maximum Gasteiger partial charge on any atom is 0.314 e. The summed E-state index contributed by atoms with van der Waals surface area (Å²) in [6.45, 7) is 4.27. The molecule has 1 aliphatic heterocycles. The number of amides is 1. The van der Waals surface area contributed by atoms with Crippen LogP contribution in [-0.2, 0) is 20.9 Å². The lowest BCUT2D eigenvalue weighted by Gasteiger charge is -2.33. The molecule has 1 aromatic rings. The maximum absolute atomic E-state index is 12.0. The molecule has 5 heteroatoms. The number of hydrogen-bond donors (Lipinski definition) is 1. The Kier molecular flexibility index (Phi) is 4.65. The lowest BCUT2D eigenvalue weighted by molar-refractivity contribution is -0.189. The van der Waals surface area contributed by atoms with Gasteiger partial charge in [-0.3, -0.25) is 9.59 Å². The van der Waals surface area contributed by atoms with E-state index in [4.69, 9.17) is 16.3 Å². The minimum absolute atomic E-state index is 0.250. The Balaban J connectivity index is 1.91. The number of benzene rings is 1. The van der Waals surface area contributed by atoms with Crippen molar-refractivity contribution in [3.05, 3.63) is 34.3 Å². The molecule has 2 atom stereocenters. The minimum atomic E-state index is -0.647. The highest BCUT2D eigenvalue weighted by molar-refractivity contribution is 6.31. The van der Waals surface area contributed by atoms with E-state index < -0.39 is 6.10 Å². The average Bonchev–Trinajstić information content (AvgIpc) is 2.41. The molecule has 0 aliphatic carbocycles. The average molecular weight is 296 g/mol. The van der Waals surface area contributed by atoms with E-state index in [0.717, 1.165) is 17.5 Å². The van der Waals surface area contributed by atoms with E-state index in [1.54, 1.807) is 0 Å². The Morgan fingerprint density at radius 1 is 1.45 bits per heavy atom. The van der Waals surface area contributed by atoms with Crippen molar-refractivity contribution in [2.75, 3.05) is 0 Å². The number of nitrogens with one attached hydrogen (secondary N) is 1. The minimum Gasteiger partial charge on any atom is -0.451 e. The summed E-state index contributed by atoms with van der Waals surface area (Å²) >= 11 is 6.11. The van der Waals surface area contributed by atoms with E-state index in [1.165, 1.54) is 0 Å². The van der Waals surface area contributed by atoms with Crippen LogP contribution < -0.4 is 5.32 Å². The highest BCUT2D eigenvalue weighted by Gasteiger charge is 2.46.